The first-order valence-electron chi connectivity index (χ1n) is 4.86. The van der Waals surface area contributed by atoms with E-state index in [1.165, 1.54) is 0 Å². The zero-order chi connectivity index (χ0) is 12.6. The number of aliphatic hydroxyl groups is 2. The molecule has 0 aliphatic carbocycles. The van der Waals surface area contributed by atoms with E-state index >= 15 is 0 Å². The molecule has 3 N–H and O–H groups in total. The number of aromatic nitrogens is 3. The van der Waals surface area contributed by atoms with Crippen molar-refractivity contribution in [2.45, 2.75) is 24.9 Å². The van der Waals surface area contributed by atoms with Crippen LogP contribution in [0.3, 0.4) is 0 Å². The van der Waals surface area contributed by atoms with Gasteiger partial charge in [0.15, 0.2) is 10.8 Å². The molecule has 0 saturated carbocycles. The molecule has 1 aromatic heterocycles. The van der Waals surface area contributed by atoms with Gasteiger partial charge in [0.1, 0.15) is 6.10 Å². The van der Waals surface area contributed by atoms with Gasteiger partial charge in [-0.25, -0.2) is 4.79 Å². The van der Waals surface area contributed by atoms with Crippen LogP contribution in [0, 0.1) is 0 Å². The first kappa shape index (κ1) is 12.4. The molecule has 1 aromatic rings. The molecule has 1 aliphatic rings. The van der Waals surface area contributed by atoms with Crippen molar-refractivity contribution in [3.63, 3.8) is 0 Å². The summed E-state index contributed by atoms with van der Waals surface area (Å²) in [4.78, 5) is 24.6. The Morgan fingerprint density at radius 1 is 1.59 bits per heavy atom. The van der Waals surface area contributed by atoms with E-state index in [1.807, 2.05) is 4.98 Å². The summed E-state index contributed by atoms with van der Waals surface area (Å²) in [6.45, 7) is -0.350. The quantitative estimate of drug-likeness (QED) is 0.601. The summed E-state index contributed by atoms with van der Waals surface area (Å²) in [7, 11) is 0. The number of ether oxygens (including phenoxy) is 1. The van der Waals surface area contributed by atoms with E-state index in [-0.39, 0.29) is 17.6 Å². The molecule has 0 bridgehead atoms. The van der Waals surface area contributed by atoms with Crippen molar-refractivity contribution in [1.82, 2.24) is 14.8 Å². The number of nitrogens with one attached hydrogen (secondary N) is 1. The van der Waals surface area contributed by atoms with Gasteiger partial charge in [-0.3, -0.25) is 9.78 Å². The number of aliphatic hydroxyl groups excluding tert-OH is 2. The first-order valence-corrected chi connectivity index (χ1v) is 5.65. The standard InChI is InChI=1S/C8H10BrN3O5/c9-6-7(15)10-8(16)12(11-6)5-1-3(14)4(2-13)17-5/h3-5,13-14H,1-2H2,(H,10,15,16)/t3-,4+,5+/m0/s1. The molecule has 9 heteroatoms. The Bertz CT molecular complexity index is 527. The molecule has 0 aromatic carbocycles. The molecule has 0 radical (unpaired) electrons. The molecule has 94 valence electrons. The van der Waals surface area contributed by atoms with E-state index in [4.69, 9.17) is 9.84 Å². The van der Waals surface area contributed by atoms with Crippen molar-refractivity contribution in [2.24, 2.45) is 0 Å². The van der Waals surface area contributed by atoms with Crippen LogP contribution in [-0.4, -0.2) is 43.8 Å². The average molecular weight is 308 g/mol. The molecule has 1 aliphatic heterocycles. The molecule has 0 unspecified atom stereocenters. The fourth-order valence-electron chi connectivity index (χ4n) is 1.62. The SMILES string of the molecule is O=c1[nH]c(=O)n([C@H]2C[C@H](O)[C@@H](CO)O2)nc1Br. The maximum absolute atomic E-state index is 11.5. The van der Waals surface area contributed by atoms with Gasteiger partial charge in [0.05, 0.1) is 12.7 Å². The molecule has 3 atom stereocenters. The van der Waals surface area contributed by atoms with Gasteiger partial charge in [0, 0.05) is 6.42 Å². The van der Waals surface area contributed by atoms with Crippen molar-refractivity contribution in [2.75, 3.05) is 6.61 Å². The lowest BCUT2D eigenvalue weighted by Gasteiger charge is -2.12. The summed E-state index contributed by atoms with van der Waals surface area (Å²) in [5.41, 5.74) is -1.36. The molecular weight excluding hydrogens is 298 g/mol. The van der Waals surface area contributed by atoms with Gasteiger partial charge in [0.25, 0.3) is 5.56 Å². The molecule has 8 nitrogen and oxygen atoms in total. The summed E-state index contributed by atoms with van der Waals surface area (Å²) in [5.74, 6) is 0. The van der Waals surface area contributed by atoms with Crippen LogP contribution >= 0.6 is 15.9 Å². The summed E-state index contributed by atoms with van der Waals surface area (Å²) < 4.78 is 6.11. The number of hydrogen-bond acceptors (Lipinski definition) is 6. The molecule has 1 saturated heterocycles. The van der Waals surface area contributed by atoms with E-state index in [1.54, 1.807) is 0 Å². The zero-order valence-electron chi connectivity index (χ0n) is 8.54. The summed E-state index contributed by atoms with van der Waals surface area (Å²) in [5, 5.41) is 22.1. The number of rotatable bonds is 2. The summed E-state index contributed by atoms with van der Waals surface area (Å²) in [6, 6.07) is 0. The maximum atomic E-state index is 11.5. The highest BCUT2D eigenvalue weighted by molar-refractivity contribution is 9.10. The highest BCUT2D eigenvalue weighted by Crippen LogP contribution is 2.26. The Morgan fingerprint density at radius 3 is 2.88 bits per heavy atom. The molecular formula is C8H10BrN3O5. The Hall–Kier alpha value is -1.03. The Kier molecular flexibility index (Phi) is 3.43. The van der Waals surface area contributed by atoms with Gasteiger partial charge >= 0.3 is 5.69 Å². The minimum absolute atomic E-state index is 0.0531. The van der Waals surface area contributed by atoms with Gasteiger partial charge in [-0.15, -0.1) is 0 Å². The molecule has 17 heavy (non-hydrogen) atoms. The molecule has 0 amide bonds. The van der Waals surface area contributed by atoms with Gasteiger partial charge in [-0.1, -0.05) is 0 Å². The summed E-state index contributed by atoms with van der Waals surface area (Å²) in [6.07, 6.45) is -2.30. The smallest absolute Gasteiger partial charge is 0.347 e. The highest BCUT2D eigenvalue weighted by atomic mass is 79.9. The fraction of sp³-hybridized carbons (Fsp3) is 0.625. The van der Waals surface area contributed by atoms with E-state index in [2.05, 4.69) is 21.0 Å². The third kappa shape index (κ3) is 2.32. The van der Waals surface area contributed by atoms with Gasteiger partial charge in [-0.05, 0) is 15.9 Å². The Labute approximate surface area is 103 Å². The molecule has 2 heterocycles. The number of halogens is 1. The van der Waals surface area contributed by atoms with Crippen molar-refractivity contribution >= 4 is 15.9 Å². The number of H-pyrrole nitrogens is 1. The van der Waals surface area contributed by atoms with Gasteiger partial charge in [0.2, 0.25) is 0 Å². The normalized spacial score (nSPS) is 28.5. The zero-order valence-corrected chi connectivity index (χ0v) is 10.1. The number of hydrogen-bond donors (Lipinski definition) is 3. The lowest BCUT2D eigenvalue weighted by molar-refractivity contribution is -0.0508. The van der Waals surface area contributed by atoms with Gasteiger partial charge < -0.3 is 14.9 Å². The van der Waals surface area contributed by atoms with E-state index < -0.39 is 29.7 Å². The van der Waals surface area contributed by atoms with Crippen molar-refractivity contribution in [1.29, 1.82) is 0 Å². The third-order valence-corrected chi connectivity index (χ3v) is 2.99. The minimum Gasteiger partial charge on any atom is -0.394 e. The van der Waals surface area contributed by atoms with Crippen molar-refractivity contribution in [3.05, 3.63) is 25.4 Å². The van der Waals surface area contributed by atoms with Crippen LogP contribution in [-0.2, 0) is 4.74 Å². The predicted molar refractivity (Wildman–Crippen MR) is 58.4 cm³/mol. The largest absolute Gasteiger partial charge is 0.394 e. The Balaban J connectivity index is 2.34. The van der Waals surface area contributed by atoms with E-state index in [0.29, 0.717) is 0 Å². The second kappa shape index (κ2) is 4.69. The van der Waals surface area contributed by atoms with Crippen molar-refractivity contribution < 1.29 is 14.9 Å². The highest BCUT2D eigenvalue weighted by Gasteiger charge is 2.35. The van der Waals surface area contributed by atoms with Crippen molar-refractivity contribution in [3.8, 4) is 0 Å². The van der Waals surface area contributed by atoms with E-state index in [0.717, 1.165) is 4.68 Å². The molecule has 2 rings (SSSR count). The van der Waals surface area contributed by atoms with Crippen LogP contribution in [0.1, 0.15) is 12.6 Å². The van der Waals surface area contributed by atoms with Crippen LogP contribution in [0.15, 0.2) is 14.2 Å². The van der Waals surface area contributed by atoms with Crippen LogP contribution in [0.4, 0.5) is 0 Å². The fourth-order valence-corrected chi connectivity index (χ4v) is 1.89. The van der Waals surface area contributed by atoms with Gasteiger partial charge in [-0.2, -0.15) is 9.78 Å². The van der Waals surface area contributed by atoms with Crippen LogP contribution in [0.25, 0.3) is 0 Å². The second-order valence-corrected chi connectivity index (χ2v) is 4.36. The molecule has 0 spiro atoms. The van der Waals surface area contributed by atoms with E-state index in [9.17, 15) is 14.7 Å². The lowest BCUT2D eigenvalue weighted by Crippen LogP contribution is -2.35. The maximum Gasteiger partial charge on any atom is 0.347 e. The molecule has 1 fully saturated rings. The third-order valence-electron chi connectivity index (χ3n) is 2.47. The summed E-state index contributed by atoms with van der Waals surface area (Å²) >= 11 is 2.89. The first-order chi connectivity index (χ1) is 8.02. The predicted octanol–water partition coefficient (Wildman–Crippen LogP) is -1.67. The number of aromatic amines is 1. The second-order valence-electron chi connectivity index (χ2n) is 3.61. The minimum atomic E-state index is -0.871. The monoisotopic (exact) mass is 307 g/mol. The van der Waals surface area contributed by atoms with Crippen LogP contribution < -0.4 is 11.2 Å². The lowest BCUT2D eigenvalue weighted by atomic mass is 10.2. The number of nitrogens with zero attached hydrogens (tertiary/aromatic N) is 2. The van der Waals surface area contributed by atoms with Crippen LogP contribution in [0.5, 0.6) is 0 Å². The topological polar surface area (TPSA) is 117 Å². The van der Waals surface area contributed by atoms with Crippen LogP contribution in [0.2, 0.25) is 0 Å². The average Bonchev–Trinajstić information content (AvgIpc) is 2.65. The Morgan fingerprint density at radius 2 is 2.29 bits per heavy atom.